The quantitative estimate of drug-likeness (QED) is 0.740. The van der Waals surface area contributed by atoms with Crippen LogP contribution >= 0.6 is 0 Å². The van der Waals surface area contributed by atoms with Gasteiger partial charge in [-0.2, -0.15) is 0 Å². The first-order valence-corrected chi connectivity index (χ1v) is 8.22. The fraction of sp³-hybridized carbons (Fsp3) is 0.706. The number of anilines is 1. The first-order chi connectivity index (χ1) is 9.76. The summed E-state index contributed by atoms with van der Waals surface area (Å²) in [5.41, 5.74) is 1.29. The molecule has 2 rings (SSSR count). The van der Waals surface area contributed by atoms with Crippen molar-refractivity contribution in [2.45, 2.75) is 65.0 Å². The van der Waals surface area contributed by atoms with Crippen molar-refractivity contribution < 1.29 is 0 Å². The van der Waals surface area contributed by atoms with E-state index in [4.69, 9.17) is 4.98 Å². The largest absolute Gasteiger partial charge is 0.354 e. The molecule has 0 spiro atoms. The van der Waals surface area contributed by atoms with Crippen LogP contribution < -0.4 is 10.2 Å². The highest BCUT2D eigenvalue weighted by molar-refractivity contribution is 5.42. The lowest BCUT2D eigenvalue weighted by molar-refractivity contribution is 0.569. The van der Waals surface area contributed by atoms with Gasteiger partial charge >= 0.3 is 0 Å². The summed E-state index contributed by atoms with van der Waals surface area (Å²) in [5, 5.41) is 3.51. The van der Waals surface area contributed by atoms with Gasteiger partial charge in [0, 0.05) is 24.8 Å². The zero-order valence-electron chi connectivity index (χ0n) is 13.2. The smallest absolute Gasteiger partial charge is 0.128 e. The highest BCUT2D eigenvalue weighted by Gasteiger charge is 2.29. The lowest BCUT2D eigenvalue weighted by Gasteiger charge is -2.24. The molecule has 0 radical (unpaired) electrons. The van der Waals surface area contributed by atoms with E-state index in [9.17, 15) is 0 Å². The van der Waals surface area contributed by atoms with E-state index in [1.165, 1.54) is 37.7 Å². The zero-order chi connectivity index (χ0) is 14.4. The van der Waals surface area contributed by atoms with Gasteiger partial charge in [-0.1, -0.05) is 26.3 Å². The van der Waals surface area contributed by atoms with Crippen molar-refractivity contribution >= 4 is 5.82 Å². The first-order valence-electron chi connectivity index (χ1n) is 8.22. The summed E-state index contributed by atoms with van der Waals surface area (Å²) >= 11 is 0. The van der Waals surface area contributed by atoms with Crippen LogP contribution in [-0.4, -0.2) is 24.1 Å². The summed E-state index contributed by atoms with van der Waals surface area (Å²) in [6, 6.07) is 5.57. The van der Waals surface area contributed by atoms with Crippen LogP contribution in [-0.2, 0) is 0 Å². The maximum Gasteiger partial charge on any atom is 0.128 e. The van der Waals surface area contributed by atoms with E-state index in [1.807, 2.05) is 6.20 Å². The molecule has 20 heavy (non-hydrogen) atoms. The Balaban J connectivity index is 1.98. The van der Waals surface area contributed by atoms with Gasteiger partial charge in [0.25, 0.3) is 0 Å². The molecule has 1 heterocycles. The van der Waals surface area contributed by atoms with E-state index < -0.39 is 0 Å². The molecule has 1 unspecified atom stereocenters. The molecule has 1 atom stereocenters. The molecule has 1 fully saturated rings. The third kappa shape index (κ3) is 4.20. The summed E-state index contributed by atoms with van der Waals surface area (Å²) in [6.07, 6.45) is 8.39. The van der Waals surface area contributed by atoms with E-state index in [1.54, 1.807) is 0 Å². The van der Waals surface area contributed by atoms with Crippen LogP contribution in [0.3, 0.4) is 0 Å². The third-order valence-corrected chi connectivity index (χ3v) is 4.01. The fourth-order valence-corrected chi connectivity index (χ4v) is 2.50. The maximum atomic E-state index is 4.71. The molecule has 1 aliphatic rings. The van der Waals surface area contributed by atoms with Crippen molar-refractivity contribution in [2.75, 3.05) is 18.0 Å². The summed E-state index contributed by atoms with van der Waals surface area (Å²) in [6.45, 7) is 8.87. The van der Waals surface area contributed by atoms with Gasteiger partial charge in [0.15, 0.2) is 0 Å². The molecule has 0 saturated heterocycles. The van der Waals surface area contributed by atoms with Crippen molar-refractivity contribution in [2.24, 2.45) is 0 Å². The van der Waals surface area contributed by atoms with Gasteiger partial charge in [-0.3, -0.25) is 0 Å². The minimum atomic E-state index is 0.390. The minimum absolute atomic E-state index is 0.390. The molecule has 1 N–H and O–H groups in total. The second-order valence-corrected chi connectivity index (χ2v) is 5.90. The van der Waals surface area contributed by atoms with Crippen molar-refractivity contribution in [3.8, 4) is 0 Å². The molecule has 0 aliphatic heterocycles. The molecule has 112 valence electrons. The Morgan fingerprint density at radius 2 is 2.10 bits per heavy atom. The Hall–Kier alpha value is -1.09. The summed E-state index contributed by atoms with van der Waals surface area (Å²) in [5.74, 6) is 1.16. The van der Waals surface area contributed by atoms with E-state index >= 15 is 0 Å². The monoisotopic (exact) mass is 275 g/mol. The Bertz CT molecular complexity index is 384. The Morgan fingerprint density at radius 3 is 2.65 bits per heavy atom. The van der Waals surface area contributed by atoms with E-state index in [0.717, 1.165) is 24.9 Å². The Kier molecular flexibility index (Phi) is 5.84. The molecule has 0 amide bonds. The van der Waals surface area contributed by atoms with Gasteiger partial charge in [0.05, 0.1) is 0 Å². The number of hydrogen-bond donors (Lipinski definition) is 1. The van der Waals surface area contributed by atoms with Gasteiger partial charge in [0.1, 0.15) is 5.82 Å². The predicted molar refractivity (Wildman–Crippen MR) is 86.2 cm³/mol. The van der Waals surface area contributed by atoms with Crippen LogP contribution in [0, 0.1) is 0 Å². The van der Waals surface area contributed by atoms with Crippen molar-refractivity contribution in [1.82, 2.24) is 10.3 Å². The van der Waals surface area contributed by atoms with Crippen LogP contribution in [0.25, 0.3) is 0 Å². The van der Waals surface area contributed by atoms with Crippen LogP contribution in [0.4, 0.5) is 5.82 Å². The van der Waals surface area contributed by atoms with Crippen molar-refractivity contribution in [3.05, 3.63) is 23.9 Å². The van der Waals surface area contributed by atoms with Crippen molar-refractivity contribution in [3.63, 3.8) is 0 Å². The van der Waals surface area contributed by atoms with Gasteiger partial charge in [-0.15, -0.1) is 0 Å². The number of unbranched alkanes of at least 4 members (excludes halogenated alkanes) is 1. The first kappa shape index (κ1) is 15.3. The lowest BCUT2D eigenvalue weighted by atomic mass is 10.1. The van der Waals surface area contributed by atoms with Gasteiger partial charge in [-0.25, -0.2) is 4.98 Å². The van der Waals surface area contributed by atoms with Crippen LogP contribution in [0.1, 0.15) is 64.5 Å². The zero-order valence-corrected chi connectivity index (χ0v) is 13.2. The molecule has 3 heteroatoms. The molecule has 0 bridgehead atoms. The average Bonchev–Trinajstić information content (AvgIpc) is 3.30. The number of rotatable bonds is 9. The number of nitrogens with zero attached hydrogens (tertiary/aromatic N) is 2. The number of nitrogens with one attached hydrogen (secondary N) is 1. The molecular formula is C17H29N3. The molecular weight excluding hydrogens is 246 g/mol. The van der Waals surface area contributed by atoms with E-state index in [0.29, 0.717) is 6.04 Å². The van der Waals surface area contributed by atoms with Crippen LogP contribution in [0.5, 0.6) is 0 Å². The lowest BCUT2D eigenvalue weighted by Crippen LogP contribution is -2.27. The number of aromatic nitrogens is 1. The van der Waals surface area contributed by atoms with Crippen LogP contribution in [0.2, 0.25) is 0 Å². The standard InChI is InChI=1S/C17H29N3/c1-4-6-12-20(16-8-9-16)17-10-7-15(13-19-17)14(3)18-11-5-2/h7,10,13-14,16,18H,4-6,8-9,11-12H2,1-3H3. The molecule has 0 aromatic carbocycles. The van der Waals surface area contributed by atoms with Gasteiger partial charge in [-0.05, 0) is 50.8 Å². The second kappa shape index (κ2) is 7.63. The predicted octanol–water partition coefficient (Wildman–Crippen LogP) is 3.91. The third-order valence-electron chi connectivity index (χ3n) is 4.01. The molecule has 1 saturated carbocycles. The van der Waals surface area contributed by atoms with E-state index in [2.05, 4.69) is 43.1 Å². The summed E-state index contributed by atoms with van der Waals surface area (Å²) in [4.78, 5) is 7.21. The van der Waals surface area contributed by atoms with Gasteiger partial charge in [0.2, 0.25) is 0 Å². The van der Waals surface area contributed by atoms with E-state index in [-0.39, 0.29) is 0 Å². The Labute approximate surface area is 123 Å². The highest BCUT2D eigenvalue weighted by Crippen LogP contribution is 2.31. The fourth-order valence-electron chi connectivity index (χ4n) is 2.50. The minimum Gasteiger partial charge on any atom is -0.354 e. The molecule has 1 aromatic rings. The maximum absolute atomic E-state index is 4.71. The molecule has 1 aromatic heterocycles. The number of pyridine rings is 1. The summed E-state index contributed by atoms with van der Waals surface area (Å²) in [7, 11) is 0. The topological polar surface area (TPSA) is 28.2 Å². The summed E-state index contributed by atoms with van der Waals surface area (Å²) < 4.78 is 0. The molecule has 1 aliphatic carbocycles. The van der Waals surface area contributed by atoms with Crippen molar-refractivity contribution in [1.29, 1.82) is 0 Å². The SMILES string of the molecule is CCCCN(c1ccc(C(C)NCCC)cn1)C1CC1. The Morgan fingerprint density at radius 1 is 1.30 bits per heavy atom. The second-order valence-electron chi connectivity index (χ2n) is 5.90. The average molecular weight is 275 g/mol. The normalized spacial score (nSPS) is 16.1. The van der Waals surface area contributed by atoms with Crippen LogP contribution in [0.15, 0.2) is 18.3 Å². The molecule has 3 nitrogen and oxygen atoms in total. The van der Waals surface area contributed by atoms with Gasteiger partial charge < -0.3 is 10.2 Å². The highest BCUT2D eigenvalue weighted by atomic mass is 15.2. The number of hydrogen-bond acceptors (Lipinski definition) is 3.